The van der Waals surface area contributed by atoms with E-state index in [1.165, 1.54) is 5.56 Å². The lowest BCUT2D eigenvalue weighted by Crippen LogP contribution is -2.23. The minimum atomic E-state index is 0.296. The Labute approximate surface area is 114 Å². The number of hydrogen-bond acceptors (Lipinski definition) is 4. The smallest absolute Gasteiger partial charge is 0.123 e. The van der Waals surface area contributed by atoms with E-state index in [1.807, 2.05) is 23.9 Å². The number of nitrogens with one attached hydrogen (secondary N) is 1. The fraction of sp³-hybridized carbons (Fsp3) is 0.571. The summed E-state index contributed by atoms with van der Waals surface area (Å²) in [6.07, 6.45) is 0. The fourth-order valence-corrected chi connectivity index (χ4v) is 2.62. The molecular weight excluding hydrogens is 246 g/mol. The predicted octanol–water partition coefficient (Wildman–Crippen LogP) is 3.11. The molecule has 0 aliphatic heterocycles. The first-order chi connectivity index (χ1) is 8.76. The van der Waals surface area contributed by atoms with Crippen LogP contribution in [0.2, 0.25) is 0 Å². The summed E-state index contributed by atoms with van der Waals surface area (Å²) in [4.78, 5) is 0. The molecule has 0 aliphatic carbocycles. The molecule has 1 unspecified atom stereocenters. The zero-order chi connectivity index (χ0) is 13.4. The molecular formula is C14H23NO2S. The van der Waals surface area contributed by atoms with Crippen LogP contribution < -0.4 is 14.8 Å². The summed E-state index contributed by atoms with van der Waals surface area (Å²) in [7, 11) is 3.40. The molecule has 3 nitrogen and oxygen atoms in total. The van der Waals surface area contributed by atoms with Crippen LogP contribution >= 0.6 is 11.8 Å². The van der Waals surface area contributed by atoms with Gasteiger partial charge in [0, 0.05) is 17.4 Å². The second-order valence-electron chi connectivity index (χ2n) is 3.88. The van der Waals surface area contributed by atoms with E-state index in [9.17, 15) is 0 Å². The molecule has 0 bridgehead atoms. The van der Waals surface area contributed by atoms with Gasteiger partial charge in [-0.05, 0) is 30.5 Å². The van der Waals surface area contributed by atoms with Crippen molar-refractivity contribution in [1.82, 2.24) is 5.32 Å². The van der Waals surface area contributed by atoms with Crippen molar-refractivity contribution in [2.24, 2.45) is 0 Å². The van der Waals surface area contributed by atoms with Gasteiger partial charge in [0.05, 0.1) is 14.2 Å². The highest BCUT2D eigenvalue weighted by Gasteiger charge is 2.16. The SMILES string of the molecule is CCNC(CSCC)c1cc(OC)ccc1OC. The van der Waals surface area contributed by atoms with Gasteiger partial charge < -0.3 is 14.8 Å². The molecule has 18 heavy (non-hydrogen) atoms. The summed E-state index contributed by atoms with van der Waals surface area (Å²) in [5.41, 5.74) is 1.17. The predicted molar refractivity (Wildman–Crippen MR) is 79.0 cm³/mol. The molecule has 0 saturated carbocycles. The molecule has 1 aromatic rings. The van der Waals surface area contributed by atoms with E-state index in [0.29, 0.717) is 6.04 Å². The van der Waals surface area contributed by atoms with Crippen LogP contribution in [0.5, 0.6) is 11.5 Å². The Morgan fingerprint density at radius 2 is 2.00 bits per heavy atom. The maximum absolute atomic E-state index is 5.45. The minimum Gasteiger partial charge on any atom is -0.497 e. The van der Waals surface area contributed by atoms with Gasteiger partial charge in [0.25, 0.3) is 0 Å². The normalized spacial score (nSPS) is 12.2. The quantitative estimate of drug-likeness (QED) is 0.785. The largest absolute Gasteiger partial charge is 0.497 e. The molecule has 4 heteroatoms. The first-order valence-electron chi connectivity index (χ1n) is 6.29. The molecule has 0 aliphatic rings. The first-order valence-corrected chi connectivity index (χ1v) is 7.45. The van der Waals surface area contributed by atoms with Gasteiger partial charge in [0.15, 0.2) is 0 Å². The Bertz CT molecular complexity index is 358. The van der Waals surface area contributed by atoms with Gasteiger partial charge >= 0.3 is 0 Å². The molecule has 0 amide bonds. The Morgan fingerprint density at radius 1 is 1.22 bits per heavy atom. The summed E-state index contributed by atoms with van der Waals surface area (Å²) in [5.74, 6) is 3.94. The third kappa shape index (κ3) is 4.10. The van der Waals surface area contributed by atoms with Gasteiger partial charge in [-0.25, -0.2) is 0 Å². The molecule has 0 aromatic heterocycles. The second kappa shape index (κ2) is 8.27. The van der Waals surface area contributed by atoms with Gasteiger partial charge in [0.1, 0.15) is 11.5 Å². The minimum absolute atomic E-state index is 0.296. The number of thioether (sulfide) groups is 1. The van der Waals surface area contributed by atoms with Crippen molar-refractivity contribution in [2.75, 3.05) is 32.3 Å². The summed E-state index contributed by atoms with van der Waals surface area (Å²) >= 11 is 1.92. The molecule has 102 valence electrons. The number of ether oxygens (including phenoxy) is 2. The van der Waals surface area contributed by atoms with E-state index in [-0.39, 0.29) is 0 Å². The topological polar surface area (TPSA) is 30.5 Å². The lowest BCUT2D eigenvalue weighted by Gasteiger charge is -2.21. The van der Waals surface area contributed by atoms with E-state index in [4.69, 9.17) is 9.47 Å². The molecule has 1 atom stereocenters. The van der Waals surface area contributed by atoms with E-state index >= 15 is 0 Å². The van der Waals surface area contributed by atoms with E-state index in [1.54, 1.807) is 14.2 Å². The number of hydrogen-bond donors (Lipinski definition) is 1. The van der Waals surface area contributed by atoms with Crippen LogP contribution in [0.4, 0.5) is 0 Å². The van der Waals surface area contributed by atoms with Crippen molar-refractivity contribution >= 4 is 11.8 Å². The highest BCUT2D eigenvalue weighted by atomic mass is 32.2. The summed E-state index contributed by atoms with van der Waals surface area (Å²) in [6, 6.07) is 6.25. The third-order valence-electron chi connectivity index (χ3n) is 2.75. The lowest BCUT2D eigenvalue weighted by molar-refractivity contribution is 0.393. The summed E-state index contributed by atoms with van der Waals surface area (Å²) < 4.78 is 10.7. The Hall–Kier alpha value is -0.870. The average Bonchev–Trinajstić information content (AvgIpc) is 2.42. The van der Waals surface area contributed by atoms with Crippen LogP contribution in [0.15, 0.2) is 18.2 Å². The van der Waals surface area contributed by atoms with Crippen LogP contribution in [0.3, 0.4) is 0 Å². The zero-order valence-electron chi connectivity index (χ0n) is 11.7. The van der Waals surface area contributed by atoms with E-state index in [0.717, 1.165) is 29.5 Å². The number of rotatable bonds is 8. The van der Waals surface area contributed by atoms with Crippen molar-refractivity contribution in [3.8, 4) is 11.5 Å². The average molecular weight is 269 g/mol. The molecule has 0 fully saturated rings. The molecule has 0 spiro atoms. The van der Waals surface area contributed by atoms with Crippen molar-refractivity contribution in [3.63, 3.8) is 0 Å². The maximum atomic E-state index is 5.45. The van der Waals surface area contributed by atoms with E-state index < -0.39 is 0 Å². The van der Waals surface area contributed by atoms with Gasteiger partial charge in [-0.3, -0.25) is 0 Å². The number of methoxy groups -OCH3 is 2. The van der Waals surface area contributed by atoms with Crippen LogP contribution in [-0.4, -0.2) is 32.3 Å². The first kappa shape index (κ1) is 15.2. The third-order valence-corrected chi connectivity index (χ3v) is 3.73. The fourth-order valence-electron chi connectivity index (χ4n) is 1.85. The molecule has 0 heterocycles. The van der Waals surface area contributed by atoms with Gasteiger partial charge in [-0.15, -0.1) is 0 Å². The van der Waals surface area contributed by atoms with Gasteiger partial charge in [0.2, 0.25) is 0 Å². The van der Waals surface area contributed by atoms with Crippen molar-refractivity contribution < 1.29 is 9.47 Å². The molecule has 0 radical (unpaired) electrons. The standard InChI is InChI=1S/C14H23NO2S/c1-5-15-13(10-18-6-2)12-9-11(16-3)7-8-14(12)17-4/h7-9,13,15H,5-6,10H2,1-4H3. The summed E-state index contributed by atoms with van der Waals surface area (Å²) in [6.45, 7) is 5.24. The van der Waals surface area contributed by atoms with Gasteiger partial charge in [-0.1, -0.05) is 13.8 Å². The molecule has 1 rings (SSSR count). The van der Waals surface area contributed by atoms with Crippen LogP contribution in [0.1, 0.15) is 25.5 Å². The van der Waals surface area contributed by atoms with Crippen LogP contribution in [0.25, 0.3) is 0 Å². The van der Waals surface area contributed by atoms with Crippen molar-refractivity contribution in [3.05, 3.63) is 23.8 Å². The Morgan fingerprint density at radius 3 is 2.56 bits per heavy atom. The second-order valence-corrected chi connectivity index (χ2v) is 5.20. The van der Waals surface area contributed by atoms with Crippen LogP contribution in [0, 0.1) is 0 Å². The Kier molecular flexibility index (Phi) is 6.98. The highest BCUT2D eigenvalue weighted by molar-refractivity contribution is 7.99. The monoisotopic (exact) mass is 269 g/mol. The van der Waals surface area contributed by atoms with Crippen molar-refractivity contribution in [2.45, 2.75) is 19.9 Å². The Balaban J connectivity index is 2.98. The molecule has 1 N–H and O–H groups in total. The highest BCUT2D eigenvalue weighted by Crippen LogP contribution is 2.31. The maximum Gasteiger partial charge on any atom is 0.123 e. The van der Waals surface area contributed by atoms with Crippen LogP contribution in [-0.2, 0) is 0 Å². The van der Waals surface area contributed by atoms with E-state index in [2.05, 4.69) is 25.2 Å². The lowest BCUT2D eigenvalue weighted by atomic mass is 10.1. The summed E-state index contributed by atoms with van der Waals surface area (Å²) in [5, 5.41) is 3.50. The van der Waals surface area contributed by atoms with Crippen molar-refractivity contribution in [1.29, 1.82) is 0 Å². The zero-order valence-corrected chi connectivity index (χ0v) is 12.5. The van der Waals surface area contributed by atoms with Gasteiger partial charge in [-0.2, -0.15) is 11.8 Å². The molecule has 1 aromatic carbocycles. The molecule has 0 saturated heterocycles. The number of benzene rings is 1.